The Morgan fingerprint density at radius 1 is 1.37 bits per heavy atom. The number of rotatable bonds is 7. The van der Waals surface area contributed by atoms with Crippen molar-refractivity contribution < 1.29 is 23.1 Å². The summed E-state index contributed by atoms with van der Waals surface area (Å²) >= 11 is 5.93. The third kappa shape index (κ3) is 5.79. The largest absolute Gasteiger partial charge is 0.507 e. The second-order valence-corrected chi connectivity index (χ2v) is 8.69. The minimum atomic E-state index is -3.77. The number of amides is 1. The van der Waals surface area contributed by atoms with Crippen molar-refractivity contribution in [1.82, 2.24) is 9.73 Å². The van der Waals surface area contributed by atoms with E-state index in [9.17, 15) is 18.3 Å². The number of nitrogens with one attached hydrogen (secondary N) is 1. The quantitative estimate of drug-likeness (QED) is 0.285. The summed E-state index contributed by atoms with van der Waals surface area (Å²) in [7, 11) is -3.77. The molecule has 2 N–H and O–H groups in total. The number of morpholine rings is 1. The summed E-state index contributed by atoms with van der Waals surface area (Å²) in [6, 6.07) is 4.46. The molecule has 8 nitrogen and oxygen atoms in total. The monoisotopic (exact) mass is 453 g/mol. The van der Waals surface area contributed by atoms with Crippen LogP contribution in [0.4, 0.5) is 0 Å². The molecule has 0 spiro atoms. The van der Waals surface area contributed by atoms with Gasteiger partial charge in [-0.2, -0.15) is 9.41 Å². The van der Waals surface area contributed by atoms with E-state index >= 15 is 0 Å². The molecule has 2 rings (SSSR count). The number of carbonyl (C=O) groups is 1. The summed E-state index contributed by atoms with van der Waals surface area (Å²) in [6.07, 6.45) is 3.91. The van der Waals surface area contributed by atoms with Crippen LogP contribution < -0.4 is 5.43 Å². The number of hydrogen-bond donors (Lipinski definition) is 2. The molecular weight excluding hydrogens is 430 g/mol. The molecule has 30 heavy (non-hydrogen) atoms. The zero-order valence-electron chi connectivity index (χ0n) is 16.8. The number of ether oxygens (including phenoxy) is 1. The minimum Gasteiger partial charge on any atom is -0.507 e. The first kappa shape index (κ1) is 23.8. The molecule has 1 saturated heterocycles. The van der Waals surface area contributed by atoms with Gasteiger partial charge in [0, 0.05) is 29.2 Å². The third-order valence-electron chi connectivity index (χ3n) is 4.35. The highest BCUT2D eigenvalue weighted by atomic mass is 35.5. The molecule has 0 radical (unpaired) electrons. The van der Waals surface area contributed by atoms with Gasteiger partial charge in [-0.15, -0.1) is 0 Å². The summed E-state index contributed by atoms with van der Waals surface area (Å²) < 4.78 is 32.2. The highest BCUT2D eigenvalue weighted by Crippen LogP contribution is 2.22. The summed E-state index contributed by atoms with van der Waals surface area (Å²) in [4.78, 5) is 12.5. The van der Waals surface area contributed by atoms with Gasteiger partial charge >= 0.3 is 0 Å². The van der Waals surface area contributed by atoms with Crippen molar-refractivity contribution in [3.05, 3.63) is 64.1 Å². The van der Waals surface area contributed by atoms with E-state index in [2.05, 4.69) is 17.1 Å². The van der Waals surface area contributed by atoms with Crippen LogP contribution in [0.3, 0.4) is 0 Å². The van der Waals surface area contributed by atoms with Gasteiger partial charge in [-0.25, -0.2) is 13.8 Å². The van der Waals surface area contributed by atoms with Gasteiger partial charge in [-0.1, -0.05) is 30.3 Å². The number of phenolic OH excluding ortho intramolecular Hbond substituents is 1. The van der Waals surface area contributed by atoms with Crippen LogP contribution in [-0.2, 0) is 19.6 Å². The fourth-order valence-corrected chi connectivity index (χ4v) is 4.34. The molecule has 1 heterocycles. The summed E-state index contributed by atoms with van der Waals surface area (Å²) in [5, 5.41) is 14.3. The molecule has 0 unspecified atom stereocenters. The van der Waals surface area contributed by atoms with E-state index in [1.165, 1.54) is 40.7 Å². The first-order valence-corrected chi connectivity index (χ1v) is 10.9. The van der Waals surface area contributed by atoms with E-state index in [4.69, 9.17) is 16.3 Å². The zero-order valence-corrected chi connectivity index (χ0v) is 18.3. The topological polar surface area (TPSA) is 108 Å². The Kier molecular flexibility index (Phi) is 8.36. The van der Waals surface area contributed by atoms with Crippen molar-refractivity contribution in [3.63, 3.8) is 0 Å². The molecule has 10 heteroatoms. The molecule has 1 amide bonds. The number of carbonyl (C=O) groups excluding carboxylic acids is 1. The smallest absolute Gasteiger partial charge is 0.271 e. The Balaban J connectivity index is 2.22. The van der Waals surface area contributed by atoms with Gasteiger partial charge in [-0.05, 0) is 38.1 Å². The first-order chi connectivity index (χ1) is 14.2. The van der Waals surface area contributed by atoms with Crippen LogP contribution in [0.15, 0.2) is 58.6 Å². The normalized spacial score (nSPS) is 17.0. The second kappa shape index (κ2) is 10.5. The van der Waals surface area contributed by atoms with Crippen LogP contribution in [0, 0.1) is 0 Å². The molecule has 1 fully saturated rings. The Hall–Kier alpha value is -2.46. The SMILES string of the molecule is C=C/C(=C\C(=C/C)S(=O)(=O)N1CCOCC1)C(=O)N/N=C(\C)c1cc(Cl)ccc1O. The van der Waals surface area contributed by atoms with Crippen molar-refractivity contribution in [1.29, 1.82) is 0 Å². The van der Waals surface area contributed by atoms with E-state index in [1.807, 2.05) is 0 Å². The number of hydrogen-bond acceptors (Lipinski definition) is 6. The third-order valence-corrected chi connectivity index (χ3v) is 6.58. The van der Waals surface area contributed by atoms with Crippen LogP contribution in [0.1, 0.15) is 19.4 Å². The van der Waals surface area contributed by atoms with Gasteiger partial charge < -0.3 is 9.84 Å². The molecule has 0 saturated carbocycles. The van der Waals surface area contributed by atoms with E-state index in [-0.39, 0.29) is 29.3 Å². The summed E-state index contributed by atoms with van der Waals surface area (Å²) in [5.74, 6) is -0.690. The summed E-state index contributed by atoms with van der Waals surface area (Å²) in [6.45, 7) is 7.88. The van der Waals surface area contributed by atoms with Gasteiger partial charge in [0.25, 0.3) is 5.91 Å². The number of aromatic hydroxyl groups is 1. The number of allylic oxidation sites excluding steroid dienone is 2. The average Bonchev–Trinajstić information content (AvgIpc) is 2.74. The predicted octanol–water partition coefficient (Wildman–Crippen LogP) is 2.56. The van der Waals surface area contributed by atoms with Crippen LogP contribution in [0.25, 0.3) is 0 Å². The van der Waals surface area contributed by atoms with Gasteiger partial charge in [0.05, 0.1) is 23.8 Å². The Labute approximate surface area is 181 Å². The number of phenols is 1. The predicted molar refractivity (Wildman–Crippen MR) is 117 cm³/mol. The van der Waals surface area contributed by atoms with Gasteiger partial charge in [-0.3, -0.25) is 4.79 Å². The molecule has 1 aliphatic heterocycles. The fraction of sp³-hybridized carbons (Fsp3) is 0.300. The minimum absolute atomic E-state index is 0.0202. The molecule has 1 aromatic carbocycles. The van der Waals surface area contributed by atoms with E-state index < -0.39 is 15.9 Å². The Morgan fingerprint density at radius 3 is 2.63 bits per heavy atom. The second-order valence-electron chi connectivity index (χ2n) is 6.31. The lowest BCUT2D eigenvalue weighted by Crippen LogP contribution is -2.41. The van der Waals surface area contributed by atoms with Crippen molar-refractivity contribution in [2.45, 2.75) is 13.8 Å². The van der Waals surface area contributed by atoms with Crippen molar-refractivity contribution in [2.75, 3.05) is 26.3 Å². The maximum atomic E-state index is 12.8. The van der Waals surface area contributed by atoms with Crippen molar-refractivity contribution in [2.24, 2.45) is 5.10 Å². The molecule has 0 aliphatic carbocycles. The lowest BCUT2D eigenvalue weighted by molar-refractivity contribution is -0.117. The van der Waals surface area contributed by atoms with Crippen LogP contribution in [0.2, 0.25) is 5.02 Å². The highest BCUT2D eigenvalue weighted by molar-refractivity contribution is 7.93. The molecule has 0 aromatic heterocycles. The van der Waals surface area contributed by atoms with Gasteiger partial charge in [0.2, 0.25) is 10.0 Å². The maximum Gasteiger partial charge on any atom is 0.271 e. The molecule has 0 atom stereocenters. The fourth-order valence-electron chi connectivity index (χ4n) is 2.67. The number of hydrazone groups is 1. The highest BCUT2D eigenvalue weighted by Gasteiger charge is 2.27. The van der Waals surface area contributed by atoms with Gasteiger partial charge in [0.1, 0.15) is 5.75 Å². The van der Waals surface area contributed by atoms with Crippen molar-refractivity contribution >= 4 is 33.2 Å². The van der Waals surface area contributed by atoms with E-state index in [0.29, 0.717) is 29.5 Å². The van der Waals surface area contributed by atoms with Crippen molar-refractivity contribution in [3.8, 4) is 5.75 Å². The molecular formula is C20H24ClN3O5S. The first-order valence-electron chi connectivity index (χ1n) is 9.12. The van der Waals surface area contributed by atoms with Gasteiger partial charge in [0.15, 0.2) is 0 Å². The number of nitrogens with zero attached hydrogens (tertiary/aromatic N) is 2. The lowest BCUT2D eigenvalue weighted by Gasteiger charge is -2.26. The standard InChI is InChI=1S/C20H24ClN3O5S/c1-4-15(12-17(5-2)30(27,28)24-8-10-29-11-9-24)20(26)23-22-14(3)18-13-16(21)6-7-19(18)25/h4-7,12-13,25H,1,8-11H2,2-3H3,(H,23,26)/b15-12+,17-5+,22-14+. The lowest BCUT2D eigenvalue weighted by atomic mass is 10.1. The zero-order chi connectivity index (χ0) is 22.3. The van der Waals surface area contributed by atoms with E-state index in [1.54, 1.807) is 13.8 Å². The number of benzene rings is 1. The molecule has 162 valence electrons. The van der Waals surface area contributed by atoms with Crippen LogP contribution in [0.5, 0.6) is 5.75 Å². The summed E-state index contributed by atoms with van der Waals surface area (Å²) in [5.41, 5.74) is 3.03. The molecule has 0 bridgehead atoms. The molecule has 1 aromatic rings. The van der Waals surface area contributed by atoms with Crippen LogP contribution >= 0.6 is 11.6 Å². The Morgan fingerprint density at radius 2 is 2.03 bits per heavy atom. The maximum absolute atomic E-state index is 12.8. The molecule has 1 aliphatic rings. The van der Waals surface area contributed by atoms with Crippen LogP contribution in [-0.4, -0.2) is 55.8 Å². The van der Waals surface area contributed by atoms with E-state index in [0.717, 1.165) is 0 Å². The Bertz CT molecular complexity index is 1010. The number of sulfonamides is 1. The number of halogens is 1. The average molecular weight is 454 g/mol.